The van der Waals surface area contributed by atoms with E-state index in [1.807, 2.05) is 18.2 Å². The van der Waals surface area contributed by atoms with Crippen molar-refractivity contribution in [3.05, 3.63) is 30.1 Å². The van der Waals surface area contributed by atoms with Crippen molar-refractivity contribution in [1.82, 2.24) is 10.3 Å². The number of aromatic nitrogens is 1. The Kier molecular flexibility index (Phi) is 3.43. The lowest BCUT2D eigenvalue weighted by molar-refractivity contribution is -0.145. The van der Waals surface area contributed by atoms with Crippen molar-refractivity contribution >= 4 is 5.97 Å². The first-order valence-corrected chi connectivity index (χ1v) is 6.01. The van der Waals surface area contributed by atoms with Gasteiger partial charge in [-0.2, -0.15) is 0 Å². The molecule has 1 saturated carbocycles. The van der Waals surface area contributed by atoms with E-state index in [9.17, 15) is 9.90 Å². The first-order valence-electron chi connectivity index (χ1n) is 6.01. The lowest BCUT2D eigenvalue weighted by Crippen LogP contribution is -2.52. The molecular weight excluding hydrogens is 216 g/mol. The molecule has 1 aliphatic carbocycles. The van der Waals surface area contributed by atoms with Gasteiger partial charge in [-0.3, -0.25) is 9.78 Å². The number of aliphatic carboxylic acids is 1. The minimum Gasteiger partial charge on any atom is -0.480 e. The molecule has 1 aromatic heterocycles. The van der Waals surface area contributed by atoms with Crippen molar-refractivity contribution in [2.75, 3.05) is 6.54 Å². The molecule has 0 spiro atoms. The van der Waals surface area contributed by atoms with Gasteiger partial charge in [-0.1, -0.05) is 6.07 Å². The zero-order valence-electron chi connectivity index (χ0n) is 10.0. The first-order chi connectivity index (χ1) is 8.13. The summed E-state index contributed by atoms with van der Waals surface area (Å²) in [6.45, 7) is 2.43. The molecule has 92 valence electrons. The lowest BCUT2D eigenvalue weighted by Gasteiger charge is -2.26. The predicted octanol–water partition coefficient (Wildman–Crippen LogP) is 1.47. The van der Waals surface area contributed by atoms with Crippen LogP contribution in [0.2, 0.25) is 0 Å². The molecule has 1 aliphatic rings. The van der Waals surface area contributed by atoms with Crippen molar-refractivity contribution in [3.8, 4) is 0 Å². The van der Waals surface area contributed by atoms with Crippen molar-refractivity contribution in [2.24, 2.45) is 5.92 Å². The number of hydrogen-bond donors (Lipinski definition) is 2. The second kappa shape index (κ2) is 4.84. The summed E-state index contributed by atoms with van der Waals surface area (Å²) < 4.78 is 0. The Labute approximate surface area is 101 Å². The van der Waals surface area contributed by atoms with Crippen LogP contribution in [-0.4, -0.2) is 28.1 Å². The highest BCUT2D eigenvalue weighted by Gasteiger charge is 2.46. The quantitative estimate of drug-likeness (QED) is 0.782. The van der Waals surface area contributed by atoms with Gasteiger partial charge >= 0.3 is 5.97 Å². The molecule has 1 aromatic rings. The Balaban J connectivity index is 1.86. The van der Waals surface area contributed by atoms with E-state index in [-0.39, 0.29) is 5.92 Å². The summed E-state index contributed by atoms with van der Waals surface area (Å²) in [6, 6.07) is 5.78. The Hall–Kier alpha value is -1.42. The average molecular weight is 234 g/mol. The summed E-state index contributed by atoms with van der Waals surface area (Å²) in [6.07, 6.45) is 4.54. The normalized spacial score (nSPS) is 18.6. The van der Waals surface area contributed by atoms with Crippen LogP contribution < -0.4 is 5.32 Å². The Morgan fingerprint density at radius 3 is 2.88 bits per heavy atom. The molecule has 2 rings (SSSR count). The van der Waals surface area contributed by atoms with Crippen LogP contribution in [-0.2, 0) is 11.2 Å². The number of rotatable bonds is 6. The molecule has 0 saturated heterocycles. The molecular formula is C13H18N2O2. The van der Waals surface area contributed by atoms with Crippen molar-refractivity contribution in [2.45, 2.75) is 31.7 Å². The molecule has 0 bridgehead atoms. The van der Waals surface area contributed by atoms with Crippen LogP contribution in [0.5, 0.6) is 0 Å². The third-order valence-electron chi connectivity index (χ3n) is 3.44. The van der Waals surface area contributed by atoms with Crippen LogP contribution in [0.3, 0.4) is 0 Å². The number of pyridine rings is 1. The van der Waals surface area contributed by atoms with Crippen molar-refractivity contribution < 1.29 is 9.90 Å². The fourth-order valence-electron chi connectivity index (χ4n) is 2.05. The average Bonchev–Trinajstić information content (AvgIpc) is 3.14. The summed E-state index contributed by atoms with van der Waals surface area (Å²) in [5.74, 6) is -0.468. The van der Waals surface area contributed by atoms with Gasteiger partial charge in [-0.05, 0) is 37.8 Å². The van der Waals surface area contributed by atoms with E-state index in [1.54, 1.807) is 13.1 Å². The van der Waals surface area contributed by atoms with Gasteiger partial charge in [0.05, 0.1) is 0 Å². The molecule has 0 aromatic carbocycles. The van der Waals surface area contributed by atoms with Gasteiger partial charge in [0.1, 0.15) is 5.54 Å². The third kappa shape index (κ3) is 2.82. The smallest absolute Gasteiger partial charge is 0.323 e. The van der Waals surface area contributed by atoms with Gasteiger partial charge in [0.25, 0.3) is 0 Å². The summed E-state index contributed by atoms with van der Waals surface area (Å²) >= 11 is 0. The Morgan fingerprint density at radius 1 is 1.59 bits per heavy atom. The maximum Gasteiger partial charge on any atom is 0.323 e. The Bertz CT molecular complexity index is 390. The SMILES string of the molecule is CC(NCCc1ccccn1)(C(=O)O)C1CC1. The highest BCUT2D eigenvalue weighted by Crippen LogP contribution is 2.39. The van der Waals surface area contributed by atoms with Gasteiger partial charge in [-0.25, -0.2) is 0 Å². The zero-order valence-corrected chi connectivity index (χ0v) is 10.0. The highest BCUT2D eigenvalue weighted by atomic mass is 16.4. The highest BCUT2D eigenvalue weighted by molar-refractivity contribution is 5.79. The standard InChI is InChI=1S/C13H18N2O2/c1-13(12(16)17,10-5-6-10)15-9-7-11-4-2-3-8-14-11/h2-4,8,10,15H,5-7,9H2,1H3,(H,16,17). The van der Waals surface area contributed by atoms with Gasteiger partial charge in [-0.15, -0.1) is 0 Å². The summed E-state index contributed by atoms with van der Waals surface area (Å²) in [7, 11) is 0. The monoisotopic (exact) mass is 234 g/mol. The van der Waals surface area contributed by atoms with Crippen LogP contribution >= 0.6 is 0 Å². The number of carbonyl (C=O) groups is 1. The molecule has 0 aliphatic heterocycles. The second-order valence-electron chi connectivity index (χ2n) is 4.78. The third-order valence-corrected chi connectivity index (χ3v) is 3.44. The largest absolute Gasteiger partial charge is 0.480 e. The number of nitrogens with zero attached hydrogens (tertiary/aromatic N) is 1. The first kappa shape index (κ1) is 12.0. The molecule has 17 heavy (non-hydrogen) atoms. The van der Waals surface area contributed by atoms with Gasteiger partial charge in [0, 0.05) is 24.9 Å². The zero-order chi connectivity index (χ0) is 12.3. The van der Waals surface area contributed by atoms with Crippen LogP contribution in [0.1, 0.15) is 25.5 Å². The molecule has 1 heterocycles. The molecule has 1 fully saturated rings. The molecule has 0 radical (unpaired) electrons. The van der Waals surface area contributed by atoms with E-state index < -0.39 is 11.5 Å². The summed E-state index contributed by atoms with van der Waals surface area (Å²) in [4.78, 5) is 15.5. The van der Waals surface area contributed by atoms with E-state index >= 15 is 0 Å². The van der Waals surface area contributed by atoms with Crippen molar-refractivity contribution in [1.29, 1.82) is 0 Å². The molecule has 2 N–H and O–H groups in total. The predicted molar refractivity (Wildman–Crippen MR) is 64.7 cm³/mol. The number of nitrogens with one attached hydrogen (secondary N) is 1. The van der Waals surface area contributed by atoms with E-state index in [1.165, 1.54) is 0 Å². The Morgan fingerprint density at radius 2 is 2.35 bits per heavy atom. The maximum atomic E-state index is 11.3. The van der Waals surface area contributed by atoms with Crippen LogP contribution in [0.25, 0.3) is 0 Å². The number of carboxylic acid groups (broad SMARTS) is 1. The lowest BCUT2D eigenvalue weighted by atomic mass is 9.96. The fourth-order valence-corrected chi connectivity index (χ4v) is 2.05. The van der Waals surface area contributed by atoms with E-state index in [2.05, 4.69) is 10.3 Å². The van der Waals surface area contributed by atoms with Crippen LogP contribution in [0.15, 0.2) is 24.4 Å². The number of carboxylic acids is 1. The summed E-state index contributed by atoms with van der Waals surface area (Å²) in [5.41, 5.74) is 0.220. The second-order valence-corrected chi connectivity index (χ2v) is 4.78. The minimum atomic E-state index is -0.769. The fraction of sp³-hybridized carbons (Fsp3) is 0.538. The van der Waals surface area contributed by atoms with E-state index in [0.29, 0.717) is 6.54 Å². The minimum absolute atomic E-state index is 0.281. The molecule has 1 unspecified atom stereocenters. The number of hydrogen-bond acceptors (Lipinski definition) is 3. The van der Waals surface area contributed by atoms with E-state index in [4.69, 9.17) is 0 Å². The molecule has 1 atom stereocenters. The van der Waals surface area contributed by atoms with Gasteiger partial charge < -0.3 is 10.4 Å². The van der Waals surface area contributed by atoms with E-state index in [0.717, 1.165) is 25.0 Å². The molecule has 4 heteroatoms. The molecule has 0 amide bonds. The molecule has 4 nitrogen and oxygen atoms in total. The maximum absolute atomic E-state index is 11.3. The topological polar surface area (TPSA) is 62.2 Å². The van der Waals surface area contributed by atoms with Gasteiger partial charge in [0.2, 0.25) is 0 Å². The van der Waals surface area contributed by atoms with Crippen LogP contribution in [0, 0.1) is 5.92 Å². The van der Waals surface area contributed by atoms with Crippen molar-refractivity contribution in [3.63, 3.8) is 0 Å². The van der Waals surface area contributed by atoms with Gasteiger partial charge in [0.15, 0.2) is 0 Å². The van der Waals surface area contributed by atoms with Crippen LogP contribution in [0.4, 0.5) is 0 Å². The summed E-state index contributed by atoms with van der Waals surface area (Å²) in [5, 5.41) is 12.4.